The molecule has 2 aromatic rings. The highest BCUT2D eigenvalue weighted by atomic mass is 35.5. The van der Waals surface area contributed by atoms with Crippen LogP contribution in [0.15, 0.2) is 35.5 Å². The number of H-pyrrole nitrogens is 1. The Morgan fingerprint density at radius 2 is 2.06 bits per heavy atom. The van der Waals surface area contributed by atoms with Crippen LogP contribution < -0.4 is 4.72 Å². The zero-order valence-electron chi connectivity index (χ0n) is 9.02. The molecule has 0 radical (unpaired) electrons. The smallest absolute Gasteiger partial charge is 0.240 e. The number of rotatable bonds is 4. The van der Waals surface area contributed by atoms with Gasteiger partial charge in [-0.05, 0) is 18.2 Å². The van der Waals surface area contributed by atoms with Crippen molar-refractivity contribution in [3.05, 3.63) is 46.2 Å². The van der Waals surface area contributed by atoms with Crippen LogP contribution in [-0.2, 0) is 16.6 Å². The first-order chi connectivity index (χ1) is 8.49. The van der Waals surface area contributed by atoms with Gasteiger partial charge in [-0.15, -0.1) is 0 Å². The van der Waals surface area contributed by atoms with Crippen molar-refractivity contribution in [1.29, 1.82) is 0 Å². The van der Waals surface area contributed by atoms with E-state index in [0.717, 1.165) is 5.56 Å². The van der Waals surface area contributed by atoms with E-state index in [0.29, 0.717) is 5.02 Å². The third-order valence-corrected chi connectivity index (χ3v) is 4.36. The van der Waals surface area contributed by atoms with Gasteiger partial charge in [-0.1, -0.05) is 23.2 Å². The first kappa shape index (κ1) is 13.4. The molecule has 2 rings (SSSR count). The minimum atomic E-state index is -3.61. The largest absolute Gasteiger partial charge is 0.285 e. The van der Waals surface area contributed by atoms with E-state index in [9.17, 15) is 8.42 Å². The zero-order chi connectivity index (χ0) is 13.2. The molecular weight excluding hydrogens is 297 g/mol. The second-order valence-electron chi connectivity index (χ2n) is 3.51. The molecule has 0 saturated carbocycles. The third-order valence-electron chi connectivity index (χ3n) is 2.22. The molecule has 1 aromatic carbocycles. The molecular formula is C10H9Cl2N3O2S. The first-order valence-corrected chi connectivity index (χ1v) is 7.15. The van der Waals surface area contributed by atoms with Crippen LogP contribution in [0.25, 0.3) is 0 Å². The van der Waals surface area contributed by atoms with Gasteiger partial charge in [0.05, 0.1) is 21.1 Å². The molecule has 0 bridgehead atoms. The predicted molar refractivity (Wildman–Crippen MR) is 69.1 cm³/mol. The third kappa shape index (κ3) is 3.02. The number of aromatic nitrogens is 2. The summed E-state index contributed by atoms with van der Waals surface area (Å²) in [6, 6.07) is 4.14. The first-order valence-electron chi connectivity index (χ1n) is 4.91. The lowest BCUT2D eigenvalue weighted by Crippen LogP contribution is -2.23. The van der Waals surface area contributed by atoms with Crippen molar-refractivity contribution in [3.8, 4) is 0 Å². The number of benzene rings is 1. The Labute approximate surface area is 114 Å². The van der Waals surface area contributed by atoms with E-state index < -0.39 is 10.0 Å². The Morgan fingerprint density at radius 1 is 1.28 bits per heavy atom. The normalized spacial score (nSPS) is 11.7. The summed E-state index contributed by atoms with van der Waals surface area (Å²) in [5.74, 6) is 0. The van der Waals surface area contributed by atoms with E-state index >= 15 is 0 Å². The van der Waals surface area contributed by atoms with Gasteiger partial charge in [-0.25, -0.2) is 13.1 Å². The molecule has 0 saturated heterocycles. The van der Waals surface area contributed by atoms with Gasteiger partial charge in [0, 0.05) is 18.3 Å². The molecule has 0 fully saturated rings. The Balaban J connectivity index is 2.17. The lowest BCUT2D eigenvalue weighted by Gasteiger charge is -2.06. The van der Waals surface area contributed by atoms with Crippen LogP contribution in [0.4, 0.5) is 0 Å². The molecule has 1 heterocycles. The summed E-state index contributed by atoms with van der Waals surface area (Å²) >= 11 is 11.5. The van der Waals surface area contributed by atoms with Crippen molar-refractivity contribution in [2.24, 2.45) is 0 Å². The quantitative estimate of drug-likeness (QED) is 0.909. The predicted octanol–water partition coefficient (Wildman–Crippen LogP) is 2.19. The number of hydrogen-bond donors (Lipinski definition) is 2. The fraction of sp³-hybridized carbons (Fsp3) is 0.100. The molecule has 18 heavy (non-hydrogen) atoms. The van der Waals surface area contributed by atoms with E-state index in [2.05, 4.69) is 14.9 Å². The summed E-state index contributed by atoms with van der Waals surface area (Å²) in [5, 5.41) is 6.83. The van der Waals surface area contributed by atoms with E-state index in [4.69, 9.17) is 23.2 Å². The van der Waals surface area contributed by atoms with Crippen molar-refractivity contribution in [2.45, 2.75) is 11.4 Å². The number of halogens is 2. The van der Waals surface area contributed by atoms with Gasteiger partial charge in [-0.3, -0.25) is 5.10 Å². The molecule has 1 aromatic heterocycles. The van der Waals surface area contributed by atoms with Gasteiger partial charge in [0.2, 0.25) is 10.0 Å². The summed E-state index contributed by atoms with van der Waals surface area (Å²) < 4.78 is 26.3. The molecule has 2 N–H and O–H groups in total. The van der Waals surface area contributed by atoms with Crippen molar-refractivity contribution in [3.63, 3.8) is 0 Å². The summed E-state index contributed by atoms with van der Waals surface area (Å²) in [4.78, 5) is 0.0698. The lowest BCUT2D eigenvalue weighted by molar-refractivity contribution is 0.581. The van der Waals surface area contributed by atoms with Gasteiger partial charge in [-0.2, -0.15) is 5.10 Å². The maximum Gasteiger partial charge on any atom is 0.240 e. The molecule has 96 valence electrons. The van der Waals surface area contributed by atoms with Crippen molar-refractivity contribution < 1.29 is 8.42 Å². The Morgan fingerprint density at radius 3 is 2.67 bits per heavy atom. The van der Waals surface area contributed by atoms with Crippen molar-refractivity contribution >= 4 is 33.2 Å². The standard InChI is InChI=1S/C10H9Cl2N3O2S/c11-9-2-1-8(3-10(9)12)18(16,17)15-6-7-4-13-14-5-7/h1-5,15H,6H2,(H,13,14). The van der Waals surface area contributed by atoms with Gasteiger partial charge >= 0.3 is 0 Å². The highest BCUT2D eigenvalue weighted by molar-refractivity contribution is 7.89. The highest BCUT2D eigenvalue weighted by Crippen LogP contribution is 2.24. The van der Waals surface area contributed by atoms with Crippen LogP contribution in [0.3, 0.4) is 0 Å². The number of aromatic amines is 1. The average molecular weight is 306 g/mol. The maximum atomic E-state index is 11.9. The summed E-state index contributed by atoms with van der Waals surface area (Å²) in [7, 11) is -3.61. The maximum absolute atomic E-state index is 11.9. The Kier molecular flexibility index (Phi) is 3.91. The highest BCUT2D eigenvalue weighted by Gasteiger charge is 2.15. The van der Waals surface area contributed by atoms with E-state index in [1.54, 1.807) is 6.20 Å². The van der Waals surface area contributed by atoms with E-state index in [-0.39, 0.29) is 16.5 Å². The molecule has 0 aliphatic rings. The van der Waals surface area contributed by atoms with Crippen LogP contribution in [0.2, 0.25) is 10.0 Å². The summed E-state index contributed by atoms with van der Waals surface area (Å²) in [6.07, 6.45) is 3.15. The SMILES string of the molecule is O=S(=O)(NCc1cn[nH]c1)c1ccc(Cl)c(Cl)c1. The molecule has 0 spiro atoms. The van der Waals surface area contributed by atoms with Gasteiger partial charge in [0.25, 0.3) is 0 Å². The molecule has 0 aliphatic carbocycles. The molecule has 0 unspecified atom stereocenters. The Hall–Kier alpha value is -1.08. The van der Waals surface area contributed by atoms with Crippen LogP contribution in [0.1, 0.15) is 5.56 Å². The molecule has 0 atom stereocenters. The van der Waals surface area contributed by atoms with Crippen LogP contribution in [0, 0.1) is 0 Å². The number of sulfonamides is 1. The fourth-order valence-electron chi connectivity index (χ4n) is 1.28. The van der Waals surface area contributed by atoms with Crippen LogP contribution in [-0.4, -0.2) is 18.6 Å². The van der Waals surface area contributed by atoms with E-state index in [1.165, 1.54) is 24.4 Å². The van der Waals surface area contributed by atoms with Gasteiger partial charge < -0.3 is 0 Å². The summed E-state index contributed by atoms with van der Waals surface area (Å²) in [5.41, 5.74) is 0.735. The van der Waals surface area contributed by atoms with Crippen molar-refractivity contribution in [2.75, 3.05) is 0 Å². The minimum Gasteiger partial charge on any atom is -0.285 e. The number of hydrogen-bond acceptors (Lipinski definition) is 3. The summed E-state index contributed by atoms with van der Waals surface area (Å²) in [6.45, 7) is 0.152. The fourth-order valence-corrected chi connectivity index (χ4v) is 2.69. The van der Waals surface area contributed by atoms with E-state index in [1.807, 2.05) is 0 Å². The second-order valence-corrected chi connectivity index (χ2v) is 6.09. The average Bonchev–Trinajstić information content (AvgIpc) is 2.83. The lowest BCUT2D eigenvalue weighted by atomic mass is 10.4. The molecule has 8 heteroatoms. The van der Waals surface area contributed by atoms with Crippen LogP contribution >= 0.6 is 23.2 Å². The molecule has 0 aliphatic heterocycles. The molecule has 0 amide bonds. The number of nitrogens with zero attached hydrogens (tertiary/aromatic N) is 1. The topological polar surface area (TPSA) is 74.8 Å². The van der Waals surface area contributed by atoms with Crippen LogP contribution in [0.5, 0.6) is 0 Å². The Bertz CT molecular complexity index is 641. The minimum absolute atomic E-state index is 0.0698. The zero-order valence-corrected chi connectivity index (χ0v) is 11.4. The second kappa shape index (κ2) is 5.27. The van der Waals surface area contributed by atoms with Crippen molar-refractivity contribution in [1.82, 2.24) is 14.9 Å². The number of nitrogens with one attached hydrogen (secondary N) is 2. The monoisotopic (exact) mass is 305 g/mol. The van der Waals surface area contributed by atoms with Gasteiger partial charge in [0.1, 0.15) is 0 Å². The molecule has 5 nitrogen and oxygen atoms in total. The van der Waals surface area contributed by atoms with Gasteiger partial charge in [0.15, 0.2) is 0 Å².